The number of halogens is 1. The van der Waals surface area contributed by atoms with Crippen molar-refractivity contribution in [1.82, 2.24) is 19.9 Å². The van der Waals surface area contributed by atoms with Crippen molar-refractivity contribution in [3.05, 3.63) is 57.2 Å². The van der Waals surface area contributed by atoms with Gasteiger partial charge < -0.3 is 15.8 Å². The number of alkyl carbamates (subject to hydrolysis) is 1. The number of amides is 1. The van der Waals surface area contributed by atoms with Crippen LogP contribution in [0.2, 0.25) is 5.02 Å². The second-order valence-corrected chi connectivity index (χ2v) is 8.65. The fourth-order valence-electron chi connectivity index (χ4n) is 3.28. The number of carbonyl (C=O) groups excluding carboxylic acids is 1. The van der Waals surface area contributed by atoms with Crippen molar-refractivity contribution in [3.63, 3.8) is 0 Å². The van der Waals surface area contributed by atoms with Gasteiger partial charge in [-0.3, -0.25) is 9.36 Å². The number of rotatable bonds is 4. The van der Waals surface area contributed by atoms with Crippen LogP contribution in [-0.4, -0.2) is 26.2 Å². The van der Waals surface area contributed by atoms with Gasteiger partial charge in [-0.25, -0.2) is 14.8 Å². The lowest BCUT2D eigenvalue weighted by molar-refractivity contribution is 0.0499. The Balaban J connectivity index is 2.26. The molecule has 0 spiro atoms. The number of pyridine rings is 1. The molecule has 2 heterocycles. The second kappa shape index (κ2) is 8.55. The van der Waals surface area contributed by atoms with Crippen LogP contribution in [0.5, 0.6) is 0 Å². The number of nitrogens with one attached hydrogen (secondary N) is 1. The number of aryl methyl sites for hydroxylation is 1. The van der Waals surface area contributed by atoms with E-state index >= 15 is 0 Å². The summed E-state index contributed by atoms with van der Waals surface area (Å²) in [5.74, 6) is 0.685. The first kappa shape index (κ1) is 22.6. The average molecular weight is 444 g/mol. The van der Waals surface area contributed by atoms with E-state index in [4.69, 9.17) is 27.1 Å². The van der Waals surface area contributed by atoms with E-state index in [9.17, 15) is 9.59 Å². The number of nitrogens with two attached hydrogens (primary N) is 1. The van der Waals surface area contributed by atoms with Gasteiger partial charge in [0, 0.05) is 0 Å². The zero-order chi connectivity index (χ0) is 22.9. The summed E-state index contributed by atoms with van der Waals surface area (Å²) in [6, 6.07) is 6.16. The number of hydrogen-bond donors (Lipinski definition) is 2. The monoisotopic (exact) mass is 443 g/mol. The lowest BCUT2D eigenvalue weighted by Crippen LogP contribution is -2.38. The Morgan fingerprint density at radius 1 is 1.35 bits per heavy atom. The molecule has 0 saturated carbocycles. The number of carbonyl (C=O) groups is 1. The zero-order valence-electron chi connectivity index (χ0n) is 18.2. The summed E-state index contributed by atoms with van der Waals surface area (Å²) in [6.07, 6.45) is 1.39. The minimum atomic E-state index is -0.663. The van der Waals surface area contributed by atoms with Gasteiger partial charge in [0.25, 0.3) is 5.56 Å². The molecule has 0 aliphatic heterocycles. The lowest BCUT2D eigenvalue weighted by atomic mass is 10.1. The van der Waals surface area contributed by atoms with Crippen LogP contribution >= 0.6 is 11.6 Å². The van der Waals surface area contributed by atoms with Gasteiger partial charge in [-0.05, 0) is 57.9 Å². The summed E-state index contributed by atoms with van der Waals surface area (Å²) in [6.45, 7) is 9.05. The number of aromatic nitrogens is 3. The van der Waals surface area contributed by atoms with Gasteiger partial charge in [0.1, 0.15) is 17.2 Å². The van der Waals surface area contributed by atoms with Gasteiger partial charge in [-0.1, -0.05) is 24.6 Å². The van der Waals surface area contributed by atoms with Crippen LogP contribution in [0.1, 0.15) is 51.5 Å². The van der Waals surface area contributed by atoms with E-state index in [1.165, 1.54) is 10.8 Å². The lowest BCUT2D eigenvalue weighted by Gasteiger charge is -2.25. The second-order valence-electron chi connectivity index (χ2n) is 8.25. The van der Waals surface area contributed by atoms with E-state index in [0.717, 1.165) is 5.56 Å². The first-order chi connectivity index (χ1) is 14.5. The Hall–Kier alpha value is -3.13. The van der Waals surface area contributed by atoms with Crippen LogP contribution in [0.25, 0.3) is 16.6 Å². The predicted octanol–water partition coefficient (Wildman–Crippen LogP) is 4.30. The standard InChI is InChI=1S/C22H26ClN5O3/c1-6-14(27-21(30)31-22(3,4)5)19-26-15-9-7-8-13(23)18(15)20(29)28(19)16-11-25-17(24)10-12(16)2/h7-11,14H,6H2,1-5H3,(H2,24,25)(H,27,30)/t14-/m0/s1. The Kier molecular flexibility index (Phi) is 6.22. The maximum atomic E-state index is 13.6. The van der Waals surface area contributed by atoms with E-state index in [-0.39, 0.29) is 10.9 Å². The molecule has 0 fully saturated rings. The molecule has 1 amide bonds. The van der Waals surface area contributed by atoms with Crippen molar-refractivity contribution in [3.8, 4) is 5.69 Å². The highest BCUT2D eigenvalue weighted by atomic mass is 35.5. The van der Waals surface area contributed by atoms with Gasteiger partial charge in [0.2, 0.25) is 0 Å². The topological polar surface area (TPSA) is 112 Å². The number of benzene rings is 1. The molecule has 0 unspecified atom stereocenters. The minimum absolute atomic E-state index is 0.288. The number of fused-ring (bicyclic) bond motifs is 1. The van der Waals surface area contributed by atoms with Crippen LogP contribution in [0, 0.1) is 6.92 Å². The summed E-state index contributed by atoms with van der Waals surface area (Å²) in [7, 11) is 0. The molecule has 0 aliphatic carbocycles. The van der Waals surface area contributed by atoms with Crippen LogP contribution < -0.4 is 16.6 Å². The zero-order valence-corrected chi connectivity index (χ0v) is 18.9. The van der Waals surface area contributed by atoms with Crippen LogP contribution in [-0.2, 0) is 4.74 Å². The summed E-state index contributed by atoms with van der Waals surface area (Å²) in [5.41, 5.74) is 6.46. The van der Waals surface area contributed by atoms with Crippen molar-refractivity contribution in [2.75, 3.05) is 5.73 Å². The molecule has 2 aromatic heterocycles. The Bertz CT molecular complexity index is 1200. The smallest absolute Gasteiger partial charge is 0.408 e. The first-order valence-corrected chi connectivity index (χ1v) is 10.3. The van der Waals surface area contributed by atoms with Crippen molar-refractivity contribution in [2.45, 2.75) is 52.7 Å². The van der Waals surface area contributed by atoms with Crippen molar-refractivity contribution >= 4 is 34.4 Å². The van der Waals surface area contributed by atoms with Gasteiger partial charge in [-0.15, -0.1) is 0 Å². The molecule has 0 radical (unpaired) electrons. The Labute approximate surface area is 185 Å². The minimum Gasteiger partial charge on any atom is -0.444 e. The maximum Gasteiger partial charge on any atom is 0.408 e. The number of ether oxygens (including phenoxy) is 1. The normalized spacial score (nSPS) is 12.6. The predicted molar refractivity (Wildman–Crippen MR) is 122 cm³/mol. The third-order valence-corrected chi connectivity index (χ3v) is 4.94. The highest BCUT2D eigenvalue weighted by Crippen LogP contribution is 2.25. The van der Waals surface area contributed by atoms with Crippen molar-refractivity contribution < 1.29 is 9.53 Å². The fraction of sp³-hybridized carbons (Fsp3) is 0.364. The Morgan fingerprint density at radius 2 is 2.06 bits per heavy atom. The molecule has 3 N–H and O–H groups in total. The van der Waals surface area contributed by atoms with Crippen LogP contribution in [0.15, 0.2) is 35.3 Å². The molecule has 0 bridgehead atoms. The average Bonchev–Trinajstić information content (AvgIpc) is 2.65. The van der Waals surface area contributed by atoms with Gasteiger partial charge in [-0.2, -0.15) is 0 Å². The molecule has 1 aromatic carbocycles. The summed E-state index contributed by atoms with van der Waals surface area (Å²) >= 11 is 6.33. The van der Waals surface area contributed by atoms with E-state index in [1.54, 1.807) is 45.0 Å². The molecule has 3 rings (SSSR count). The molecule has 31 heavy (non-hydrogen) atoms. The van der Waals surface area contributed by atoms with E-state index < -0.39 is 17.7 Å². The third kappa shape index (κ3) is 4.80. The molecule has 9 heteroatoms. The van der Waals surface area contributed by atoms with Gasteiger partial charge >= 0.3 is 6.09 Å². The number of anilines is 1. The SMILES string of the molecule is CC[C@H](NC(=O)OC(C)(C)C)c1nc2cccc(Cl)c2c(=O)n1-c1cnc(N)cc1C. The molecule has 0 saturated heterocycles. The van der Waals surface area contributed by atoms with Crippen LogP contribution in [0.4, 0.5) is 10.6 Å². The molecule has 1 atom stereocenters. The largest absolute Gasteiger partial charge is 0.444 e. The summed E-state index contributed by atoms with van der Waals surface area (Å²) in [5, 5.41) is 3.41. The van der Waals surface area contributed by atoms with Crippen molar-refractivity contribution in [1.29, 1.82) is 0 Å². The number of hydrogen-bond acceptors (Lipinski definition) is 6. The first-order valence-electron chi connectivity index (χ1n) is 9.95. The molecule has 8 nitrogen and oxygen atoms in total. The van der Waals surface area contributed by atoms with E-state index in [2.05, 4.69) is 10.3 Å². The summed E-state index contributed by atoms with van der Waals surface area (Å²) in [4.78, 5) is 34.9. The fourth-order valence-corrected chi connectivity index (χ4v) is 3.53. The number of nitrogens with zero attached hydrogens (tertiary/aromatic N) is 3. The molecule has 3 aromatic rings. The molecule has 0 aliphatic rings. The highest BCUT2D eigenvalue weighted by Gasteiger charge is 2.25. The van der Waals surface area contributed by atoms with Gasteiger partial charge in [0.15, 0.2) is 0 Å². The molecule has 164 valence electrons. The summed E-state index contributed by atoms with van der Waals surface area (Å²) < 4.78 is 6.83. The molecular formula is C22H26ClN5O3. The Morgan fingerprint density at radius 3 is 2.68 bits per heavy atom. The van der Waals surface area contributed by atoms with E-state index in [1.807, 2.05) is 13.8 Å². The maximum absolute atomic E-state index is 13.6. The van der Waals surface area contributed by atoms with Crippen LogP contribution in [0.3, 0.4) is 0 Å². The van der Waals surface area contributed by atoms with Crippen molar-refractivity contribution in [2.24, 2.45) is 0 Å². The van der Waals surface area contributed by atoms with Gasteiger partial charge in [0.05, 0.1) is 33.9 Å². The van der Waals surface area contributed by atoms with E-state index in [0.29, 0.717) is 34.3 Å². The molecular weight excluding hydrogens is 418 g/mol. The third-order valence-electron chi connectivity index (χ3n) is 4.63. The highest BCUT2D eigenvalue weighted by molar-refractivity contribution is 6.35. The quantitative estimate of drug-likeness (QED) is 0.621. The number of nitrogen functional groups attached to an aromatic ring is 1.